The van der Waals surface area contributed by atoms with Gasteiger partial charge in [0.1, 0.15) is 17.7 Å². The zero-order valence-electron chi connectivity index (χ0n) is 18.7. The third-order valence-corrected chi connectivity index (χ3v) is 4.94. The fourth-order valence-electron chi connectivity index (χ4n) is 3.65. The molecule has 1 fully saturated rings. The van der Waals surface area contributed by atoms with Gasteiger partial charge in [-0.2, -0.15) is 0 Å². The Morgan fingerprint density at radius 1 is 1.16 bits per heavy atom. The molecule has 6 heteroatoms. The van der Waals surface area contributed by atoms with Crippen LogP contribution in [0.4, 0.5) is 0 Å². The van der Waals surface area contributed by atoms with E-state index in [4.69, 9.17) is 4.74 Å². The highest BCUT2D eigenvalue weighted by atomic mass is 16.6. The van der Waals surface area contributed by atoms with E-state index in [2.05, 4.69) is 23.7 Å². The molecule has 0 atom stereocenters. The van der Waals surface area contributed by atoms with Crippen LogP contribution in [0.1, 0.15) is 58.4 Å². The fraction of sp³-hybridized carbons (Fsp3) is 0.480. The first-order valence-corrected chi connectivity index (χ1v) is 10.7. The lowest BCUT2D eigenvalue weighted by atomic mass is 9.80. The maximum absolute atomic E-state index is 13.5. The van der Waals surface area contributed by atoms with Crippen LogP contribution in [0.5, 0.6) is 0 Å². The highest BCUT2D eigenvalue weighted by molar-refractivity contribution is 5.99. The summed E-state index contributed by atoms with van der Waals surface area (Å²) >= 11 is 0. The van der Waals surface area contributed by atoms with Crippen LogP contribution in [0.2, 0.25) is 0 Å². The summed E-state index contributed by atoms with van der Waals surface area (Å²) in [5.74, 6) is 4.11. The van der Waals surface area contributed by atoms with Crippen molar-refractivity contribution in [2.75, 3.05) is 13.1 Å². The van der Waals surface area contributed by atoms with Crippen molar-refractivity contribution < 1.29 is 19.1 Å². The predicted molar refractivity (Wildman–Crippen MR) is 120 cm³/mol. The van der Waals surface area contributed by atoms with E-state index in [9.17, 15) is 14.4 Å². The topological polar surface area (TPSA) is 75.7 Å². The van der Waals surface area contributed by atoms with Gasteiger partial charge in [0.15, 0.2) is 0 Å². The maximum atomic E-state index is 13.5. The first-order valence-electron chi connectivity index (χ1n) is 10.7. The summed E-state index contributed by atoms with van der Waals surface area (Å²) in [5.41, 5.74) is -1.00. The molecule has 0 bridgehead atoms. The molecule has 0 aliphatic heterocycles. The lowest BCUT2D eigenvalue weighted by molar-refractivity contribution is -0.160. The van der Waals surface area contributed by atoms with Crippen LogP contribution in [-0.2, 0) is 19.1 Å². The minimum atomic E-state index is -1.08. The Labute approximate surface area is 185 Å². The number of benzene rings is 1. The molecule has 0 aromatic heterocycles. The average Bonchev–Trinajstić information content (AvgIpc) is 2.71. The van der Waals surface area contributed by atoms with Crippen LogP contribution < -0.4 is 5.32 Å². The number of hydrogen-bond acceptors (Lipinski definition) is 4. The molecule has 2 rings (SSSR count). The van der Waals surface area contributed by atoms with Crippen molar-refractivity contribution in [3.63, 3.8) is 0 Å². The van der Waals surface area contributed by atoms with Crippen molar-refractivity contribution in [1.29, 1.82) is 0 Å². The Bertz CT molecular complexity index is 853. The van der Waals surface area contributed by atoms with Crippen molar-refractivity contribution in [3.8, 4) is 11.8 Å². The summed E-state index contributed by atoms with van der Waals surface area (Å²) in [4.78, 5) is 39.9. The minimum Gasteiger partial charge on any atom is -0.459 e. The molecule has 0 spiro atoms. The van der Waals surface area contributed by atoms with Gasteiger partial charge in [-0.05, 0) is 45.7 Å². The van der Waals surface area contributed by atoms with Gasteiger partial charge in [0.05, 0.1) is 0 Å². The summed E-state index contributed by atoms with van der Waals surface area (Å²) in [7, 11) is 0. The number of esters is 1. The first kappa shape index (κ1) is 24.2. The van der Waals surface area contributed by atoms with Gasteiger partial charge in [-0.3, -0.25) is 14.4 Å². The lowest BCUT2D eigenvalue weighted by Crippen LogP contribution is -2.61. The zero-order chi connectivity index (χ0) is 22.9. The molecule has 1 aromatic carbocycles. The molecule has 0 unspecified atom stereocenters. The molecule has 166 valence electrons. The van der Waals surface area contributed by atoms with Crippen molar-refractivity contribution in [2.24, 2.45) is 0 Å². The van der Waals surface area contributed by atoms with Crippen LogP contribution in [0, 0.1) is 11.8 Å². The van der Waals surface area contributed by atoms with E-state index in [1.165, 1.54) is 4.90 Å². The van der Waals surface area contributed by atoms with Gasteiger partial charge < -0.3 is 15.0 Å². The van der Waals surface area contributed by atoms with Crippen LogP contribution in [0.3, 0.4) is 0 Å². The number of carbonyl (C=O) groups excluding carboxylic acids is 3. The van der Waals surface area contributed by atoms with Gasteiger partial charge in [-0.25, -0.2) is 0 Å². The molecule has 2 amide bonds. The summed E-state index contributed by atoms with van der Waals surface area (Å²) in [5, 5.41) is 2.87. The van der Waals surface area contributed by atoms with E-state index in [1.807, 2.05) is 30.3 Å². The number of ether oxygens (including phenoxy) is 1. The number of hydrogen-bond donors (Lipinski definition) is 1. The van der Waals surface area contributed by atoms with Crippen molar-refractivity contribution >= 4 is 17.8 Å². The number of nitrogens with zero attached hydrogens (tertiary/aromatic N) is 1. The smallest absolute Gasteiger partial charge is 0.326 e. The van der Waals surface area contributed by atoms with Crippen LogP contribution in [-0.4, -0.2) is 46.9 Å². The van der Waals surface area contributed by atoms with Gasteiger partial charge in [0.2, 0.25) is 5.91 Å². The average molecular weight is 425 g/mol. The summed E-state index contributed by atoms with van der Waals surface area (Å²) < 4.78 is 5.38. The fourth-order valence-corrected chi connectivity index (χ4v) is 3.65. The van der Waals surface area contributed by atoms with Gasteiger partial charge in [-0.1, -0.05) is 49.5 Å². The predicted octanol–water partition coefficient (Wildman–Crippen LogP) is 3.21. The Hall–Kier alpha value is -3.07. The van der Waals surface area contributed by atoms with Crippen LogP contribution in [0.15, 0.2) is 43.0 Å². The number of amides is 2. The largest absolute Gasteiger partial charge is 0.459 e. The van der Waals surface area contributed by atoms with E-state index < -0.39 is 23.0 Å². The molecule has 1 aliphatic rings. The SMILES string of the molecule is C=CCN(CC(=O)OC(C)(C)C)C(=O)C1(NC(=O)C#Cc2ccccc2)CCCCC1. The molecule has 31 heavy (non-hydrogen) atoms. The Balaban J connectivity index is 2.20. The number of carbonyl (C=O) groups is 3. The molecule has 0 saturated heterocycles. The quantitative estimate of drug-likeness (QED) is 0.432. The standard InChI is InChI=1S/C25H32N2O4/c1-5-18-27(19-22(29)31-24(2,3)4)23(30)25(16-10-7-11-17-25)26-21(28)15-14-20-12-8-6-9-13-20/h5-6,8-9,12-13H,1,7,10-11,16-19H2,2-4H3,(H,26,28). The third-order valence-electron chi connectivity index (χ3n) is 4.94. The molecule has 1 N–H and O–H groups in total. The highest BCUT2D eigenvalue weighted by Crippen LogP contribution is 2.30. The molecule has 6 nitrogen and oxygen atoms in total. The molecule has 0 radical (unpaired) electrons. The zero-order valence-corrected chi connectivity index (χ0v) is 18.7. The molecular weight excluding hydrogens is 392 g/mol. The van der Waals surface area contributed by atoms with E-state index >= 15 is 0 Å². The molecule has 0 heterocycles. The second-order valence-corrected chi connectivity index (χ2v) is 8.77. The van der Waals surface area contributed by atoms with Crippen molar-refractivity contribution in [3.05, 3.63) is 48.6 Å². The Morgan fingerprint density at radius 2 is 1.81 bits per heavy atom. The monoisotopic (exact) mass is 424 g/mol. The third kappa shape index (κ3) is 7.60. The normalized spacial score (nSPS) is 15.1. The summed E-state index contributed by atoms with van der Waals surface area (Å²) in [6, 6.07) is 9.19. The van der Waals surface area contributed by atoms with Crippen LogP contribution >= 0.6 is 0 Å². The summed E-state index contributed by atoms with van der Waals surface area (Å²) in [6.07, 6.45) is 5.20. The second-order valence-electron chi connectivity index (χ2n) is 8.77. The van der Waals surface area contributed by atoms with Gasteiger partial charge in [-0.15, -0.1) is 6.58 Å². The van der Waals surface area contributed by atoms with E-state index in [0.29, 0.717) is 12.8 Å². The van der Waals surface area contributed by atoms with Crippen molar-refractivity contribution in [1.82, 2.24) is 10.2 Å². The number of nitrogens with one attached hydrogen (secondary N) is 1. The van der Waals surface area contributed by atoms with Crippen molar-refractivity contribution in [2.45, 2.75) is 64.0 Å². The summed E-state index contributed by atoms with van der Waals surface area (Å²) in [6.45, 7) is 9.02. The molecular formula is C25H32N2O4. The highest BCUT2D eigenvalue weighted by Gasteiger charge is 2.43. The molecule has 1 aliphatic carbocycles. The minimum absolute atomic E-state index is 0.186. The van der Waals surface area contributed by atoms with Gasteiger partial charge in [0, 0.05) is 18.0 Å². The first-order chi connectivity index (χ1) is 14.6. The van der Waals surface area contributed by atoms with Crippen LogP contribution in [0.25, 0.3) is 0 Å². The maximum Gasteiger partial charge on any atom is 0.326 e. The molecule has 1 aromatic rings. The van der Waals surface area contributed by atoms with Gasteiger partial charge in [0.25, 0.3) is 5.91 Å². The van der Waals surface area contributed by atoms with E-state index in [1.54, 1.807) is 26.8 Å². The van der Waals surface area contributed by atoms with E-state index in [0.717, 1.165) is 24.8 Å². The Kier molecular flexibility index (Phi) is 8.44. The number of rotatable bonds is 6. The second kappa shape index (κ2) is 10.8. The molecule has 1 saturated carbocycles. The van der Waals surface area contributed by atoms with E-state index in [-0.39, 0.29) is 19.0 Å². The Morgan fingerprint density at radius 3 is 2.39 bits per heavy atom. The van der Waals surface area contributed by atoms with Gasteiger partial charge >= 0.3 is 5.97 Å². The lowest BCUT2D eigenvalue weighted by Gasteiger charge is -2.39.